The quantitative estimate of drug-likeness (QED) is 0.310. The molecule has 2 unspecified atom stereocenters. The molecule has 0 aromatic heterocycles. The van der Waals surface area contributed by atoms with E-state index in [2.05, 4.69) is 4.52 Å². The van der Waals surface area contributed by atoms with Gasteiger partial charge < -0.3 is 9.63 Å². The normalized spacial score (nSPS) is 13.9. The molecule has 7 nitrogen and oxygen atoms in total. The van der Waals surface area contributed by atoms with Crippen molar-refractivity contribution in [3.8, 4) is 11.5 Å². The first-order valence-corrected chi connectivity index (χ1v) is 11.0. The molecule has 2 rings (SSSR count). The van der Waals surface area contributed by atoms with Gasteiger partial charge in [0.1, 0.15) is 11.5 Å². The molecular formula is C17H19F3KO7PS. The van der Waals surface area contributed by atoms with Crippen LogP contribution >= 0.6 is 8.25 Å². The summed E-state index contributed by atoms with van der Waals surface area (Å²) in [7, 11) is -8.21. The van der Waals surface area contributed by atoms with Crippen LogP contribution in [0.1, 0.15) is 24.0 Å². The second-order valence-electron chi connectivity index (χ2n) is 6.00. The van der Waals surface area contributed by atoms with Crippen molar-refractivity contribution >= 4 is 69.8 Å². The van der Waals surface area contributed by atoms with E-state index in [1.165, 1.54) is 12.1 Å². The number of halogens is 3. The summed E-state index contributed by atoms with van der Waals surface area (Å²) in [4.78, 5) is 8.71. The molecule has 0 saturated carbocycles. The summed E-state index contributed by atoms with van der Waals surface area (Å²) in [6.07, 6.45) is -4.23. The molecule has 2 aromatic carbocycles. The summed E-state index contributed by atoms with van der Waals surface area (Å²) in [6, 6.07) is 10.8. The first kappa shape index (κ1) is 27.8. The Morgan fingerprint density at radius 3 is 2.23 bits per heavy atom. The fourth-order valence-electron chi connectivity index (χ4n) is 2.49. The Labute approximate surface area is 214 Å². The third kappa shape index (κ3) is 9.47. The van der Waals surface area contributed by atoms with E-state index < -0.39 is 35.5 Å². The van der Waals surface area contributed by atoms with Gasteiger partial charge in [0.15, 0.2) is 5.44 Å². The van der Waals surface area contributed by atoms with Gasteiger partial charge in [-0.1, -0.05) is 18.2 Å². The van der Waals surface area contributed by atoms with Crippen LogP contribution in [0.25, 0.3) is 0 Å². The maximum atomic E-state index is 12.8. The predicted octanol–water partition coefficient (Wildman–Crippen LogP) is 3.78. The van der Waals surface area contributed by atoms with Gasteiger partial charge >= 0.3 is 65.8 Å². The second kappa shape index (κ2) is 12.1. The van der Waals surface area contributed by atoms with Gasteiger partial charge in [-0.25, -0.2) is 0 Å². The SMILES string of the molecule is O=[PH](O)OC(CCCc1cccc(Oc2cccc(C(F)(F)F)c2)c1)S(=O)(=O)O.[KH]. The van der Waals surface area contributed by atoms with E-state index >= 15 is 0 Å². The van der Waals surface area contributed by atoms with E-state index in [1.54, 1.807) is 24.3 Å². The van der Waals surface area contributed by atoms with Crippen molar-refractivity contribution < 1.29 is 44.9 Å². The van der Waals surface area contributed by atoms with Crippen LogP contribution in [-0.2, 0) is 31.8 Å². The Morgan fingerprint density at radius 1 is 1.07 bits per heavy atom. The van der Waals surface area contributed by atoms with Gasteiger partial charge in [-0.15, -0.1) is 0 Å². The number of benzene rings is 2. The van der Waals surface area contributed by atoms with Crippen LogP contribution in [0.4, 0.5) is 13.2 Å². The minimum absolute atomic E-state index is 0. The molecule has 0 bridgehead atoms. The van der Waals surface area contributed by atoms with Crippen LogP contribution < -0.4 is 4.74 Å². The van der Waals surface area contributed by atoms with Gasteiger partial charge in [-0.3, -0.25) is 13.6 Å². The summed E-state index contributed by atoms with van der Waals surface area (Å²) in [5.41, 5.74) is -1.98. The van der Waals surface area contributed by atoms with Crippen molar-refractivity contribution in [1.29, 1.82) is 0 Å². The van der Waals surface area contributed by atoms with E-state index in [4.69, 9.17) is 14.2 Å². The van der Waals surface area contributed by atoms with E-state index in [-0.39, 0.29) is 75.7 Å². The van der Waals surface area contributed by atoms with E-state index in [0.29, 0.717) is 12.0 Å². The van der Waals surface area contributed by atoms with Crippen LogP contribution in [0.2, 0.25) is 0 Å². The molecular weight excluding hydrogens is 475 g/mol. The molecule has 0 aliphatic heterocycles. The summed E-state index contributed by atoms with van der Waals surface area (Å²) in [6.45, 7) is 0. The molecule has 2 atom stereocenters. The topological polar surface area (TPSA) is 110 Å². The van der Waals surface area contributed by atoms with Crippen molar-refractivity contribution in [3.05, 3.63) is 59.7 Å². The van der Waals surface area contributed by atoms with Gasteiger partial charge in [0.25, 0.3) is 10.1 Å². The molecule has 0 heterocycles. The standard InChI is InChI=1S/C17H18F3O7PS.K.H/c18-17(19,20)13-6-3-8-15(11-13)26-14-7-1-4-12(10-14)5-2-9-16(27-28(21)22)29(23,24)25;;/h1,3-4,6-8,10-11,16,28H,2,5,9H2,(H,21,22)(H,23,24,25);;. The van der Waals surface area contributed by atoms with Crippen LogP contribution in [0, 0.1) is 0 Å². The predicted molar refractivity (Wildman–Crippen MR) is 106 cm³/mol. The Kier molecular flexibility index (Phi) is 11.2. The van der Waals surface area contributed by atoms with Crippen molar-refractivity contribution in [3.63, 3.8) is 0 Å². The van der Waals surface area contributed by atoms with Crippen LogP contribution in [0.3, 0.4) is 0 Å². The average molecular weight is 494 g/mol. The Hall–Kier alpha value is -0.274. The molecule has 162 valence electrons. The summed E-state index contributed by atoms with van der Waals surface area (Å²) >= 11 is 0. The summed E-state index contributed by atoms with van der Waals surface area (Å²) in [5.74, 6) is 0.287. The number of aryl methyl sites for hydroxylation is 1. The number of rotatable bonds is 9. The molecule has 0 aliphatic carbocycles. The van der Waals surface area contributed by atoms with Crippen molar-refractivity contribution in [2.45, 2.75) is 30.9 Å². The second-order valence-corrected chi connectivity index (χ2v) is 8.32. The molecule has 0 spiro atoms. The fourth-order valence-corrected chi connectivity index (χ4v) is 4.03. The first-order valence-electron chi connectivity index (χ1n) is 8.25. The third-order valence-electron chi connectivity index (χ3n) is 3.77. The van der Waals surface area contributed by atoms with Crippen LogP contribution in [-0.4, -0.2) is 74.7 Å². The summed E-state index contributed by atoms with van der Waals surface area (Å²) < 4.78 is 90.2. The molecule has 2 aromatic rings. The first-order chi connectivity index (χ1) is 13.4. The molecule has 0 amide bonds. The van der Waals surface area contributed by atoms with Crippen molar-refractivity contribution in [2.24, 2.45) is 0 Å². The average Bonchev–Trinajstić information content (AvgIpc) is 2.59. The zero-order valence-electron chi connectivity index (χ0n) is 14.8. The van der Waals surface area contributed by atoms with Crippen LogP contribution in [0.15, 0.2) is 48.5 Å². The molecule has 0 saturated heterocycles. The van der Waals surface area contributed by atoms with E-state index in [9.17, 15) is 26.2 Å². The Balaban J connectivity index is 0.00000450. The zero-order chi connectivity index (χ0) is 21.7. The molecule has 13 heteroatoms. The van der Waals surface area contributed by atoms with Gasteiger partial charge in [0.2, 0.25) is 0 Å². The van der Waals surface area contributed by atoms with Crippen LogP contribution in [0.5, 0.6) is 11.5 Å². The van der Waals surface area contributed by atoms with Gasteiger partial charge in [-0.05, 0) is 55.2 Å². The molecule has 0 aliphatic rings. The molecule has 0 radical (unpaired) electrons. The van der Waals surface area contributed by atoms with Gasteiger partial charge in [-0.2, -0.15) is 21.6 Å². The summed E-state index contributed by atoms with van der Waals surface area (Å²) in [5, 5.41) is 0. The zero-order valence-corrected chi connectivity index (χ0v) is 16.6. The molecule has 2 N–H and O–H groups in total. The van der Waals surface area contributed by atoms with Gasteiger partial charge in [0.05, 0.1) is 5.56 Å². The monoisotopic (exact) mass is 494 g/mol. The minimum atomic E-state index is -4.65. The third-order valence-corrected chi connectivity index (χ3v) is 5.42. The van der Waals surface area contributed by atoms with E-state index in [1.807, 2.05) is 0 Å². The van der Waals surface area contributed by atoms with E-state index in [0.717, 1.165) is 12.1 Å². The van der Waals surface area contributed by atoms with Crippen molar-refractivity contribution in [1.82, 2.24) is 0 Å². The van der Waals surface area contributed by atoms with Crippen molar-refractivity contribution in [2.75, 3.05) is 0 Å². The number of hydrogen-bond acceptors (Lipinski definition) is 5. The fraction of sp³-hybridized carbons (Fsp3) is 0.294. The Bertz CT molecular complexity index is 970. The Morgan fingerprint density at radius 2 is 1.67 bits per heavy atom. The number of ether oxygens (including phenoxy) is 1. The van der Waals surface area contributed by atoms with Gasteiger partial charge in [0, 0.05) is 0 Å². The molecule has 0 fully saturated rings. The maximum absolute atomic E-state index is 12.8. The number of alkyl halides is 3. The number of hydrogen-bond donors (Lipinski definition) is 2. The molecule has 30 heavy (non-hydrogen) atoms.